The molecule has 0 aliphatic rings. The maximum atomic E-state index is 13.8. The molecule has 0 unspecified atom stereocenters. The predicted octanol–water partition coefficient (Wildman–Crippen LogP) is 1.87. The molecule has 5 heteroatoms. The number of rotatable bonds is 2. The number of ether oxygens (including phenoxy) is 1. The van der Waals surface area contributed by atoms with E-state index in [2.05, 4.69) is 9.97 Å². The van der Waals surface area contributed by atoms with Crippen LogP contribution in [0.1, 0.15) is 0 Å². The average molecular weight is 219 g/mol. The quantitative estimate of drug-likeness (QED) is 0.837. The van der Waals surface area contributed by atoms with E-state index in [4.69, 9.17) is 10.5 Å². The second-order valence-electron chi connectivity index (χ2n) is 3.15. The molecule has 1 aromatic heterocycles. The maximum absolute atomic E-state index is 13.8. The normalized spacial score (nSPS) is 10.1. The Morgan fingerprint density at radius 2 is 2.06 bits per heavy atom. The van der Waals surface area contributed by atoms with Crippen molar-refractivity contribution in [2.24, 2.45) is 0 Å². The molecule has 0 radical (unpaired) electrons. The molecule has 2 N–H and O–H groups in total. The molecule has 0 spiro atoms. The molecule has 0 fully saturated rings. The Morgan fingerprint density at radius 3 is 2.69 bits per heavy atom. The largest absolute Gasteiger partial charge is 0.494 e. The highest BCUT2D eigenvalue weighted by atomic mass is 19.1. The van der Waals surface area contributed by atoms with E-state index in [-0.39, 0.29) is 5.75 Å². The summed E-state index contributed by atoms with van der Waals surface area (Å²) in [5.74, 6) is 0.0206. The SMILES string of the molecule is COc1cccc(-c2cnc(N)cn2)c1F. The zero-order valence-electron chi connectivity index (χ0n) is 8.64. The van der Waals surface area contributed by atoms with E-state index in [0.29, 0.717) is 17.1 Å². The summed E-state index contributed by atoms with van der Waals surface area (Å²) in [6.07, 6.45) is 2.81. The van der Waals surface area contributed by atoms with Gasteiger partial charge < -0.3 is 10.5 Å². The van der Waals surface area contributed by atoms with Crippen molar-refractivity contribution in [3.63, 3.8) is 0 Å². The molecule has 16 heavy (non-hydrogen) atoms. The van der Waals surface area contributed by atoms with Gasteiger partial charge in [0.05, 0.1) is 25.2 Å². The van der Waals surface area contributed by atoms with Crippen LogP contribution >= 0.6 is 0 Å². The number of aromatic nitrogens is 2. The van der Waals surface area contributed by atoms with Crippen LogP contribution < -0.4 is 10.5 Å². The number of nitrogens with two attached hydrogens (primary N) is 1. The van der Waals surface area contributed by atoms with Gasteiger partial charge in [0.25, 0.3) is 0 Å². The van der Waals surface area contributed by atoms with Gasteiger partial charge in [0, 0.05) is 5.56 Å². The minimum Gasteiger partial charge on any atom is -0.494 e. The summed E-state index contributed by atoms with van der Waals surface area (Å²) in [6.45, 7) is 0. The number of benzene rings is 1. The lowest BCUT2D eigenvalue weighted by molar-refractivity contribution is 0.387. The van der Waals surface area contributed by atoms with Crippen LogP contribution in [0.15, 0.2) is 30.6 Å². The number of methoxy groups -OCH3 is 1. The standard InChI is InChI=1S/C11H10FN3O/c1-16-9-4-2-3-7(11(9)12)8-5-15-10(13)6-14-8/h2-6H,1H3,(H2,13,15). The summed E-state index contributed by atoms with van der Waals surface area (Å²) >= 11 is 0. The molecule has 0 aliphatic carbocycles. The molecule has 0 saturated carbocycles. The van der Waals surface area contributed by atoms with Gasteiger partial charge in [-0.05, 0) is 12.1 Å². The first-order valence-electron chi connectivity index (χ1n) is 4.63. The van der Waals surface area contributed by atoms with Gasteiger partial charge in [0.15, 0.2) is 11.6 Å². The monoisotopic (exact) mass is 219 g/mol. The van der Waals surface area contributed by atoms with E-state index in [9.17, 15) is 4.39 Å². The molecule has 0 aliphatic heterocycles. The topological polar surface area (TPSA) is 61.0 Å². The Hall–Kier alpha value is -2.17. The smallest absolute Gasteiger partial charge is 0.174 e. The summed E-state index contributed by atoms with van der Waals surface area (Å²) in [6, 6.07) is 4.84. The Kier molecular flexibility index (Phi) is 2.68. The third-order valence-electron chi connectivity index (χ3n) is 2.13. The van der Waals surface area contributed by atoms with Crippen LogP contribution in [0.4, 0.5) is 10.2 Å². The Bertz CT molecular complexity index is 499. The molecule has 2 aromatic rings. The van der Waals surface area contributed by atoms with Crippen molar-refractivity contribution in [2.45, 2.75) is 0 Å². The lowest BCUT2D eigenvalue weighted by Crippen LogP contribution is -1.95. The molecular formula is C11H10FN3O. The molecule has 0 bridgehead atoms. The van der Waals surface area contributed by atoms with Crippen LogP contribution in [0, 0.1) is 5.82 Å². The second kappa shape index (κ2) is 4.14. The number of nitrogens with zero attached hydrogens (tertiary/aromatic N) is 2. The molecular weight excluding hydrogens is 209 g/mol. The van der Waals surface area contributed by atoms with Crippen molar-refractivity contribution in [1.29, 1.82) is 0 Å². The van der Waals surface area contributed by atoms with Crippen LogP contribution in [0.25, 0.3) is 11.3 Å². The zero-order valence-corrected chi connectivity index (χ0v) is 8.64. The van der Waals surface area contributed by atoms with Gasteiger partial charge in [-0.1, -0.05) is 6.07 Å². The molecule has 1 aromatic carbocycles. The van der Waals surface area contributed by atoms with Gasteiger partial charge in [0.1, 0.15) is 5.82 Å². The Balaban J connectivity index is 2.51. The van der Waals surface area contributed by atoms with E-state index in [1.807, 2.05) is 0 Å². The van der Waals surface area contributed by atoms with Crippen molar-refractivity contribution >= 4 is 5.82 Å². The Morgan fingerprint density at radius 1 is 1.25 bits per heavy atom. The van der Waals surface area contributed by atoms with Gasteiger partial charge >= 0.3 is 0 Å². The van der Waals surface area contributed by atoms with E-state index in [0.717, 1.165) is 0 Å². The molecule has 82 valence electrons. The highest BCUT2D eigenvalue weighted by Crippen LogP contribution is 2.27. The summed E-state index contributed by atoms with van der Waals surface area (Å²) < 4.78 is 18.7. The third-order valence-corrected chi connectivity index (χ3v) is 2.13. The fraction of sp³-hybridized carbons (Fsp3) is 0.0909. The van der Waals surface area contributed by atoms with Crippen molar-refractivity contribution in [1.82, 2.24) is 9.97 Å². The van der Waals surface area contributed by atoms with E-state index in [1.165, 1.54) is 19.5 Å². The number of anilines is 1. The molecule has 0 saturated heterocycles. The average Bonchev–Trinajstić information content (AvgIpc) is 2.31. The maximum Gasteiger partial charge on any atom is 0.174 e. The summed E-state index contributed by atoms with van der Waals surface area (Å²) in [7, 11) is 1.41. The zero-order chi connectivity index (χ0) is 11.5. The lowest BCUT2D eigenvalue weighted by atomic mass is 10.1. The molecule has 0 atom stereocenters. The first-order chi connectivity index (χ1) is 7.72. The molecule has 4 nitrogen and oxygen atoms in total. The first-order valence-corrected chi connectivity index (χ1v) is 4.63. The summed E-state index contributed by atoms with van der Waals surface area (Å²) in [5.41, 5.74) is 6.17. The number of hydrogen-bond donors (Lipinski definition) is 1. The van der Waals surface area contributed by atoms with Crippen LogP contribution in [-0.4, -0.2) is 17.1 Å². The van der Waals surface area contributed by atoms with E-state index >= 15 is 0 Å². The predicted molar refractivity (Wildman–Crippen MR) is 58.4 cm³/mol. The summed E-state index contributed by atoms with van der Waals surface area (Å²) in [4.78, 5) is 7.86. The van der Waals surface area contributed by atoms with E-state index < -0.39 is 5.82 Å². The second-order valence-corrected chi connectivity index (χ2v) is 3.15. The van der Waals surface area contributed by atoms with Gasteiger partial charge in [-0.15, -0.1) is 0 Å². The number of hydrogen-bond acceptors (Lipinski definition) is 4. The van der Waals surface area contributed by atoms with Crippen molar-refractivity contribution in [3.8, 4) is 17.0 Å². The fourth-order valence-corrected chi connectivity index (χ4v) is 1.34. The highest BCUT2D eigenvalue weighted by Gasteiger charge is 2.11. The highest BCUT2D eigenvalue weighted by molar-refractivity contribution is 5.61. The summed E-state index contributed by atoms with van der Waals surface area (Å²) in [5, 5.41) is 0. The van der Waals surface area contributed by atoms with Crippen LogP contribution in [0.5, 0.6) is 5.75 Å². The molecule has 1 heterocycles. The van der Waals surface area contributed by atoms with Crippen molar-refractivity contribution in [2.75, 3.05) is 12.8 Å². The van der Waals surface area contributed by atoms with Gasteiger partial charge in [0.2, 0.25) is 0 Å². The molecule has 0 amide bonds. The first kappa shape index (κ1) is 10.4. The van der Waals surface area contributed by atoms with Crippen LogP contribution in [0.2, 0.25) is 0 Å². The lowest BCUT2D eigenvalue weighted by Gasteiger charge is -2.06. The van der Waals surface area contributed by atoms with Crippen LogP contribution in [0.3, 0.4) is 0 Å². The molecule has 2 rings (SSSR count). The van der Waals surface area contributed by atoms with Crippen molar-refractivity contribution < 1.29 is 9.13 Å². The van der Waals surface area contributed by atoms with Crippen LogP contribution in [-0.2, 0) is 0 Å². The number of halogens is 1. The third kappa shape index (κ3) is 1.79. The minimum atomic E-state index is -0.455. The van der Waals surface area contributed by atoms with E-state index in [1.54, 1.807) is 18.2 Å². The number of nitrogen functional groups attached to an aromatic ring is 1. The minimum absolute atomic E-state index is 0.177. The fourth-order valence-electron chi connectivity index (χ4n) is 1.34. The van der Waals surface area contributed by atoms with Crippen molar-refractivity contribution in [3.05, 3.63) is 36.4 Å². The van der Waals surface area contributed by atoms with Gasteiger partial charge in [-0.25, -0.2) is 9.37 Å². The van der Waals surface area contributed by atoms with Gasteiger partial charge in [-0.3, -0.25) is 4.98 Å². The van der Waals surface area contributed by atoms with Gasteiger partial charge in [-0.2, -0.15) is 0 Å². The Labute approximate surface area is 91.9 Å².